The first-order chi connectivity index (χ1) is 31.6. The number of carbonyl (C=O) groups is 11. The van der Waals surface area contributed by atoms with Crippen molar-refractivity contribution in [3.63, 3.8) is 0 Å². The lowest BCUT2D eigenvalue weighted by molar-refractivity contribution is -0.156. The maximum atomic E-state index is 14.6. The third-order valence-electron chi connectivity index (χ3n) is 11.3. The van der Waals surface area contributed by atoms with Crippen molar-refractivity contribution in [2.75, 3.05) is 13.1 Å². The highest BCUT2D eigenvalue weighted by molar-refractivity contribution is 6.38. The number of nitrogens with one attached hydrogen (secondary N) is 6. The molecular weight excluding hydrogens is 887 g/mol. The second-order valence-corrected chi connectivity index (χ2v) is 20.1. The maximum Gasteiger partial charge on any atom is 0.322 e. The average Bonchev–Trinajstić information content (AvgIpc) is 3.73. The third kappa shape index (κ3) is 21.1. The fourth-order valence-corrected chi connectivity index (χ4v) is 8.12. The Labute approximate surface area is 399 Å². The number of nitrogens with zero attached hydrogens (tertiary/aromatic N) is 1. The molecule has 6 atom stereocenters. The highest BCUT2D eigenvalue weighted by Gasteiger charge is 2.41. The number of ketones is 1. The molecule has 1 saturated carbocycles. The highest BCUT2D eigenvalue weighted by Crippen LogP contribution is 2.29. The molecule has 68 heavy (non-hydrogen) atoms. The number of carboxylic acids is 1. The SMILES string of the molecule is CCCC(NC(=O)C1CCCN1C(=O)C(CC1CCCCC1)NC(=O)C(NC(=O)C(CCC(=O)OC(C)(C)C)NC(=O)C(CCC(=O)OC(C)(C)C)NC(C)=O)C(C)C)C(=O)C(=O)NCC(=O)O. The maximum absolute atomic E-state index is 14.6. The van der Waals surface area contributed by atoms with E-state index in [9.17, 15) is 52.7 Å². The minimum atomic E-state index is -1.45. The molecule has 0 aromatic carbocycles. The van der Waals surface area contributed by atoms with Crippen LogP contribution in [-0.4, -0.2) is 136 Å². The number of likely N-dealkylation sites (tertiary alicyclic amines) is 1. The van der Waals surface area contributed by atoms with Crippen LogP contribution in [0.4, 0.5) is 0 Å². The Bertz CT molecular complexity index is 1820. The quantitative estimate of drug-likeness (QED) is 0.0508. The van der Waals surface area contributed by atoms with Crippen molar-refractivity contribution in [2.24, 2.45) is 11.8 Å². The molecule has 21 heteroatoms. The Morgan fingerprint density at radius 2 is 1.18 bits per heavy atom. The normalized spacial score (nSPS) is 17.6. The van der Waals surface area contributed by atoms with E-state index in [1.54, 1.807) is 62.3 Å². The van der Waals surface area contributed by atoms with Crippen LogP contribution in [0.15, 0.2) is 0 Å². The zero-order chi connectivity index (χ0) is 51.5. The molecule has 384 valence electrons. The lowest BCUT2D eigenvalue weighted by Crippen LogP contribution is -2.60. The topological polar surface area (TPSA) is 302 Å². The summed E-state index contributed by atoms with van der Waals surface area (Å²) < 4.78 is 10.8. The molecule has 2 aliphatic rings. The van der Waals surface area contributed by atoms with Crippen molar-refractivity contribution in [3.05, 3.63) is 0 Å². The molecule has 2 fully saturated rings. The molecular formula is C47H77N7O14. The molecule has 0 aromatic rings. The van der Waals surface area contributed by atoms with Crippen LogP contribution in [0.2, 0.25) is 0 Å². The van der Waals surface area contributed by atoms with E-state index in [0.717, 1.165) is 32.1 Å². The van der Waals surface area contributed by atoms with Crippen LogP contribution in [0.25, 0.3) is 0 Å². The van der Waals surface area contributed by atoms with E-state index in [1.807, 2.05) is 5.32 Å². The third-order valence-corrected chi connectivity index (χ3v) is 11.3. The molecule has 2 rings (SSSR count). The smallest absolute Gasteiger partial charge is 0.322 e. The van der Waals surface area contributed by atoms with Gasteiger partial charge in [0.1, 0.15) is 48.0 Å². The number of aliphatic carboxylic acids is 1. The minimum absolute atomic E-state index is 0.0511. The van der Waals surface area contributed by atoms with E-state index >= 15 is 0 Å². The van der Waals surface area contributed by atoms with E-state index in [-0.39, 0.29) is 57.4 Å². The van der Waals surface area contributed by atoms with Crippen LogP contribution in [-0.2, 0) is 62.2 Å². The lowest BCUT2D eigenvalue weighted by atomic mass is 9.84. The molecule has 6 unspecified atom stereocenters. The number of Topliss-reactive ketones (excluding diaryl/α,β-unsaturated/α-hetero) is 1. The van der Waals surface area contributed by atoms with Gasteiger partial charge < -0.3 is 51.4 Å². The molecule has 0 radical (unpaired) electrons. The summed E-state index contributed by atoms with van der Waals surface area (Å²) >= 11 is 0. The van der Waals surface area contributed by atoms with Crippen molar-refractivity contribution >= 4 is 65.0 Å². The van der Waals surface area contributed by atoms with E-state index in [2.05, 4.69) is 26.6 Å². The molecule has 0 spiro atoms. The fourth-order valence-electron chi connectivity index (χ4n) is 8.12. The Kier molecular flexibility index (Phi) is 23.6. The van der Waals surface area contributed by atoms with Gasteiger partial charge in [0, 0.05) is 26.3 Å². The standard InChI is InChI=1S/C47H77N7O14/c1-11-16-30(39(60)44(65)48-26-35(56)57)50-42(63)34-19-15-24-54(34)45(66)33(25-29-17-13-12-14-18-29)52-43(64)38(27(2)3)53-41(62)32(21-23-37(59)68-47(8,9)10)51-40(61)31(49-28(4)55)20-22-36(58)67-46(5,6)7/h27,29-34,38H,11-26H2,1-10H3,(H,48,65)(H,49,55)(H,50,63)(H,51,61)(H,52,64)(H,53,62)(H,56,57). The Hall–Kier alpha value is -5.63. The molecule has 7 amide bonds. The number of hydrogen-bond donors (Lipinski definition) is 7. The Morgan fingerprint density at radius 3 is 1.68 bits per heavy atom. The van der Waals surface area contributed by atoms with Crippen LogP contribution >= 0.6 is 0 Å². The molecule has 1 aliphatic heterocycles. The first kappa shape index (κ1) is 58.5. The molecule has 0 bridgehead atoms. The predicted molar refractivity (Wildman–Crippen MR) is 247 cm³/mol. The second kappa shape index (κ2) is 27.4. The van der Waals surface area contributed by atoms with Gasteiger partial charge >= 0.3 is 17.9 Å². The number of hydrogen-bond acceptors (Lipinski definition) is 13. The highest BCUT2D eigenvalue weighted by atomic mass is 16.6. The number of rotatable bonds is 25. The Balaban J connectivity index is 2.41. The zero-order valence-corrected chi connectivity index (χ0v) is 41.6. The summed E-state index contributed by atoms with van der Waals surface area (Å²) in [6.07, 6.45) is 4.77. The van der Waals surface area contributed by atoms with Gasteiger partial charge in [-0.2, -0.15) is 0 Å². The monoisotopic (exact) mass is 964 g/mol. The summed E-state index contributed by atoms with van der Waals surface area (Å²) in [5.74, 6) is -9.63. The molecule has 21 nitrogen and oxygen atoms in total. The number of esters is 2. The summed E-state index contributed by atoms with van der Waals surface area (Å²) in [5.41, 5.74) is -1.67. The van der Waals surface area contributed by atoms with Crippen LogP contribution in [0, 0.1) is 11.8 Å². The van der Waals surface area contributed by atoms with Gasteiger partial charge in [-0.25, -0.2) is 0 Å². The van der Waals surface area contributed by atoms with Gasteiger partial charge in [0.2, 0.25) is 41.2 Å². The average molecular weight is 964 g/mol. The number of carboxylic acid groups (broad SMARTS) is 1. The van der Waals surface area contributed by atoms with Crippen molar-refractivity contribution < 1.29 is 67.3 Å². The van der Waals surface area contributed by atoms with Crippen LogP contribution in [0.3, 0.4) is 0 Å². The molecule has 1 aliphatic carbocycles. The van der Waals surface area contributed by atoms with E-state index in [1.165, 1.54) is 11.8 Å². The van der Waals surface area contributed by atoms with Crippen LogP contribution in [0.1, 0.15) is 159 Å². The number of amides is 7. The molecule has 7 N–H and O–H groups in total. The number of carbonyl (C=O) groups excluding carboxylic acids is 10. The lowest BCUT2D eigenvalue weighted by Gasteiger charge is -2.33. The van der Waals surface area contributed by atoms with Gasteiger partial charge in [0.05, 0.1) is 6.04 Å². The van der Waals surface area contributed by atoms with E-state index < -0.39 is 125 Å². The van der Waals surface area contributed by atoms with Crippen molar-refractivity contribution in [3.8, 4) is 0 Å². The van der Waals surface area contributed by atoms with Gasteiger partial charge in [0.15, 0.2) is 0 Å². The molecule has 1 saturated heterocycles. The Morgan fingerprint density at radius 1 is 0.647 bits per heavy atom. The largest absolute Gasteiger partial charge is 0.480 e. The minimum Gasteiger partial charge on any atom is -0.480 e. The van der Waals surface area contributed by atoms with Gasteiger partial charge in [-0.15, -0.1) is 0 Å². The van der Waals surface area contributed by atoms with Crippen molar-refractivity contribution in [1.29, 1.82) is 0 Å². The van der Waals surface area contributed by atoms with Crippen molar-refractivity contribution in [1.82, 2.24) is 36.8 Å². The summed E-state index contributed by atoms with van der Waals surface area (Å²) in [5, 5.41) is 24.2. The van der Waals surface area contributed by atoms with Crippen molar-refractivity contribution in [2.45, 2.75) is 207 Å². The number of ether oxygens (including phenoxy) is 2. The molecule has 0 aromatic heterocycles. The fraction of sp³-hybridized carbons (Fsp3) is 0.766. The first-order valence-corrected chi connectivity index (χ1v) is 23.9. The van der Waals surface area contributed by atoms with Gasteiger partial charge in [-0.1, -0.05) is 59.3 Å². The predicted octanol–water partition coefficient (Wildman–Crippen LogP) is 1.86. The van der Waals surface area contributed by atoms with Crippen LogP contribution < -0.4 is 31.9 Å². The zero-order valence-electron chi connectivity index (χ0n) is 41.6. The second-order valence-electron chi connectivity index (χ2n) is 20.1. The summed E-state index contributed by atoms with van der Waals surface area (Å²) in [6.45, 7) is 15.6. The van der Waals surface area contributed by atoms with Gasteiger partial charge in [-0.05, 0) is 91.9 Å². The van der Waals surface area contributed by atoms with E-state index in [0.29, 0.717) is 12.8 Å². The summed E-state index contributed by atoms with van der Waals surface area (Å²) in [4.78, 5) is 146. The molecule has 1 heterocycles. The van der Waals surface area contributed by atoms with Crippen LogP contribution in [0.5, 0.6) is 0 Å². The summed E-state index contributed by atoms with van der Waals surface area (Å²) in [6, 6.07) is -7.49. The van der Waals surface area contributed by atoms with Gasteiger partial charge in [-0.3, -0.25) is 52.7 Å². The summed E-state index contributed by atoms with van der Waals surface area (Å²) in [7, 11) is 0. The first-order valence-electron chi connectivity index (χ1n) is 23.9. The van der Waals surface area contributed by atoms with Gasteiger partial charge in [0.25, 0.3) is 5.91 Å². The van der Waals surface area contributed by atoms with E-state index in [4.69, 9.17) is 14.6 Å².